The summed E-state index contributed by atoms with van der Waals surface area (Å²) in [7, 11) is 1.51. The van der Waals surface area contributed by atoms with Crippen LogP contribution in [-0.4, -0.2) is 31.2 Å². The van der Waals surface area contributed by atoms with Crippen LogP contribution in [0.3, 0.4) is 0 Å². The zero-order valence-electron chi connectivity index (χ0n) is 9.07. The topological polar surface area (TPSA) is 104 Å². The Labute approximate surface area is 95.1 Å². The van der Waals surface area contributed by atoms with Gasteiger partial charge in [-0.15, -0.1) is 0 Å². The summed E-state index contributed by atoms with van der Waals surface area (Å²) in [6.07, 6.45) is 0.326. The van der Waals surface area contributed by atoms with E-state index in [9.17, 15) is 9.59 Å². The molecule has 0 unspecified atom stereocenters. The van der Waals surface area contributed by atoms with E-state index in [1.165, 1.54) is 11.6 Å². The molecule has 0 aromatic carbocycles. The molecule has 0 aliphatic rings. The van der Waals surface area contributed by atoms with Crippen LogP contribution in [0.2, 0.25) is 0 Å². The van der Waals surface area contributed by atoms with Crippen molar-refractivity contribution >= 4 is 11.2 Å². The molecule has 0 aliphatic carbocycles. The maximum absolute atomic E-state index is 11.5. The molecule has 2 heterocycles. The van der Waals surface area contributed by atoms with E-state index in [1.54, 1.807) is 0 Å². The van der Waals surface area contributed by atoms with Gasteiger partial charge in [-0.1, -0.05) is 5.92 Å². The van der Waals surface area contributed by atoms with E-state index >= 15 is 0 Å². The number of aliphatic hydroxyl groups excluding tert-OH is 1. The average Bonchev–Trinajstić information content (AvgIpc) is 2.71. The minimum Gasteiger partial charge on any atom is -0.395 e. The molecule has 2 aromatic rings. The van der Waals surface area contributed by atoms with E-state index in [4.69, 9.17) is 5.11 Å². The Morgan fingerprint density at radius 1 is 1.41 bits per heavy atom. The van der Waals surface area contributed by atoms with Crippen LogP contribution in [0, 0.1) is 11.8 Å². The molecule has 0 atom stereocenters. The van der Waals surface area contributed by atoms with Gasteiger partial charge in [0.2, 0.25) is 0 Å². The minimum atomic E-state index is -0.524. The van der Waals surface area contributed by atoms with Crippen LogP contribution in [0.5, 0.6) is 0 Å². The number of aliphatic hydroxyl groups is 1. The minimum absolute atomic E-state index is 0.0354. The molecule has 0 spiro atoms. The molecular formula is C10H10N4O3. The van der Waals surface area contributed by atoms with Gasteiger partial charge >= 0.3 is 5.69 Å². The first kappa shape index (κ1) is 11.2. The first-order valence-corrected chi connectivity index (χ1v) is 4.92. The van der Waals surface area contributed by atoms with Gasteiger partial charge in [-0.25, -0.2) is 9.78 Å². The third kappa shape index (κ3) is 1.98. The summed E-state index contributed by atoms with van der Waals surface area (Å²) in [6.45, 7) is -0.0354. The number of aromatic nitrogens is 4. The molecule has 0 fully saturated rings. The van der Waals surface area contributed by atoms with Gasteiger partial charge in [0.1, 0.15) is 0 Å². The molecule has 7 heteroatoms. The lowest BCUT2D eigenvalue weighted by atomic mass is 10.4. The van der Waals surface area contributed by atoms with Crippen LogP contribution in [0.15, 0.2) is 9.59 Å². The van der Waals surface area contributed by atoms with Crippen molar-refractivity contribution < 1.29 is 5.11 Å². The smallest absolute Gasteiger partial charge is 0.329 e. The Bertz CT molecular complexity index is 726. The fraction of sp³-hybridized carbons (Fsp3) is 0.300. The second-order valence-corrected chi connectivity index (χ2v) is 3.38. The molecule has 7 nitrogen and oxygen atoms in total. The fourth-order valence-corrected chi connectivity index (χ4v) is 1.37. The summed E-state index contributed by atoms with van der Waals surface area (Å²) >= 11 is 0. The highest BCUT2D eigenvalue weighted by molar-refractivity contribution is 5.70. The highest BCUT2D eigenvalue weighted by Crippen LogP contribution is 2.02. The summed E-state index contributed by atoms with van der Waals surface area (Å²) in [6, 6.07) is 0. The lowest BCUT2D eigenvalue weighted by molar-refractivity contribution is 0.305. The Balaban J connectivity index is 2.63. The van der Waals surface area contributed by atoms with Gasteiger partial charge in [-0.2, -0.15) is 0 Å². The number of nitrogens with one attached hydrogen (secondary N) is 2. The third-order valence-electron chi connectivity index (χ3n) is 2.20. The molecule has 88 valence electrons. The number of aromatic amines is 2. The number of rotatable bonds is 1. The fourth-order valence-electron chi connectivity index (χ4n) is 1.37. The van der Waals surface area contributed by atoms with Crippen LogP contribution in [0.4, 0.5) is 0 Å². The highest BCUT2D eigenvalue weighted by atomic mass is 16.2. The molecule has 3 N–H and O–H groups in total. The van der Waals surface area contributed by atoms with Gasteiger partial charge in [0.25, 0.3) is 5.56 Å². The van der Waals surface area contributed by atoms with E-state index in [0.29, 0.717) is 12.2 Å². The Morgan fingerprint density at radius 2 is 2.18 bits per heavy atom. The molecule has 0 aliphatic heterocycles. The summed E-state index contributed by atoms with van der Waals surface area (Å²) in [5, 5.41) is 8.58. The maximum atomic E-state index is 11.5. The monoisotopic (exact) mass is 234 g/mol. The molecule has 0 saturated carbocycles. The van der Waals surface area contributed by atoms with Crippen LogP contribution >= 0.6 is 0 Å². The van der Waals surface area contributed by atoms with Gasteiger partial charge in [-0.3, -0.25) is 14.3 Å². The number of H-pyrrole nitrogens is 2. The van der Waals surface area contributed by atoms with Crippen molar-refractivity contribution in [1.82, 2.24) is 19.5 Å². The second kappa shape index (κ2) is 4.27. The number of imidazole rings is 1. The van der Waals surface area contributed by atoms with Gasteiger partial charge in [0.05, 0.1) is 6.61 Å². The summed E-state index contributed by atoms with van der Waals surface area (Å²) in [5.41, 5.74) is -0.581. The van der Waals surface area contributed by atoms with Crippen LogP contribution in [0.25, 0.3) is 11.2 Å². The first-order valence-electron chi connectivity index (χ1n) is 4.92. The molecule has 0 bridgehead atoms. The molecule has 2 aromatic heterocycles. The lowest BCUT2D eigenvalue weighted by Crippen LogP contribution is -2.28. The predicted molar refractivity (Wildman–Crippen MR) is 60.5 cm³/mol. The molecule has 2 rings (SSSR count). The van der Waals surface area contributed by atoms with Gasteiger partial charge in [0.15, 0.2) is 17.0 Å². The van der Waals surface area contributed by atoms with Crippen molar-refractivity contribution in [3.8, 4) is 11.8 Å². The van der Waals surface area contributed by atoms with Gasteiger partial charge in [0, 0.05) is 13.5 Å². The number of fused-ring (bicyclic) bond motifs is 1. The largest absolute Gasteiger partial charge is 0.395 e. The van der Waals surface area contributed by atoms with Crippen molar-refractivity contribution in [2.45, 2.75) is 6.42 Å². The standard InChI is InChI=1S/C10H10N4O3/c1-14-8-7(9(16)13-10(14)17)11-6(12-8)4-2-3-5-15/h15H,3,5H2,1H3,(H,11,12)(H,13,16,17). The van der Waals surface area contributed by atoms with Crippen molar-refractivity contribution in [2.75, 3.05) is 6.61 Å². The van der Waals surface area contributed by atoms with Crippen LogP contribution < -0.4 is 11.2 Å². The summed E-state index contributed by atoms with van der Waals surface area (Å²) in [4.78, 5) is 31.7. The molecular weight excluding hydrogens is 224 g/mol. The Kier molecular flexibility index (Phi) is 2.80. The maximum Gasteiger partial charge on any atom is 0.329 e. The average molecular weight is 234 g/mol. The number of hydrogen-bond acceptors (Lipinski definition) is 4. The van der Waals surface area contributed by atoms with Crippen molar-refractivity contribution in [3.05, 3.63) is 26.7 Å². The molecule has 17 heavy (non-hydrogen) atoms. The van der Waals surface area contributed by atoms with Crippen LogP contribution in [-0.2, 0) is 7.05 Å². The lowest BCUT2D eigenvalue weighted by Gasteiger charge is -1.94. The van der Waals surface area contributed by atoms with Gasteiger partial charge in [-0.05, 0) is 5.92 Å². The molecule has 0 amide bonds. The Hall–Kier alpha value is -2.33. The quantitative estimate of drug-likeness (QED) is 0.532. The normalized spacial score (nSPS) is 10.2. The highest BCUT2D eigenvalue weighted by Gasteiger charge is 2.08. The van der Waals surface area contributed by atoms with Crippen LogP contribution in [0.1, 0.15) is 12.2 Å². The zero-order chi connectivity index (χ0) is 12.4. The Morgan fingerprint density at radius 3 is 2.88 bits per heavy atom. The van der Waals surface area contributed by atoms with E-state index < -0.39 is 11.2 Å². The van der Waals surface area contributed by atoms with E-state index in [0.717, 1.165) is 0 Å². The first-order chi connectivity index (χ1) is 8.13. The number of hydrogen-bond donors (Lipinski definition) is 3. The van der Waals surface area contributed by atoms with Crippen molar-refractivity contribution in [1.29, 1.82) is 0 Å². The second-order valence-electron chi connectivity index (χ2n) is 3.38. The van der Waals surface area contributed by atoms with E-state index in [-0.39, 0.29) is 17.8 Å². The van der Waals surface area contributed by atoms with Gasteiger partial charge < -0.3 is 10.1 Å². The third-order valence-corrected chi connectivity index (χ3v) is 2.20. The number of aryl methyl sites for hydroxylation is 1. The zero-order valence-corrected chi connectivity index (χ0v) is 9.07. The molecule has 0 saturated heterocycles. The van der Waals surface area contributed by atoms with E-state index in [1.807, 2.05) is 0 Å². The predicted octanol–water partition coefficient (Wildman–Crippen LogP) is -1.32. The SMILES string of the molecule is Cn1c(=O)[nH]c(=O)c2[nH]c(C#CCCO)nc21. The summed E-state index contributed by atoms with van der Waals surface area (Å²) in [5.74, 6) is 5.63. The van der Waals surface area contributed by atoms with E-state index in [2.05, 4.69) is 26.8 Å². The summed E-state index contributed by atoms with van der Waals surface area (Å²) < 4.78 is 1.23. The van der Waals surface area contributed by atoms with Crippen molar-refractivity contribution in [3.63, 3.8) is 0 Å². The van der Waals surface area contributed by atoms with Crippen molar-refractivity contribution in [2.24, 2.45) is 7.05 Å². The number of nitrogens with zero attached hydrogens (tertiary/aromatic N) is 2. The molecule has 0 radical (unpaired) electrons.